The van der Waals surface area contributed by atoms with E-state index in [0.29, 0.717) is 22.6 Å². The predicted molar refractivity (Wildman–Crippen MR) is 106 cm³/mol. The number of halogens is 1. The molecule has 2 aromatic carbocycles. The highest BCUT2D eigenvalue weighted by molar-refractivity contribution is 14.1. The number of anilines is 1. The average molecular weight is 471 g/mol. The van der Waals surface area contributed by atoms with Gasteiger partial charge in [0.25, 0.3) is 0 Å². The van der Waals surface area contributed by atoms with Crippen LogP contribution in [0.15, 0.2) is 46.9 Å². The Morgan fingerprint density at radius 2 is 1.85 bits per heavy atom. The molecular formula is C19H14IN5O2. The van der Waals surface area contributed by atoms with Gasteiger partial charge in [-0.25, -0.2) is 0 Å². The summed E-state index contributed by atoms with van der Waals surface area (Å²) in [5, 5.41) is 39.3. The highest BCUT2D eigenvalue weighted by Gasteiger charge is 2.24. The quantitative estimate of drug-likeness (QED) is 0.546. The first-order valence-corrected chi connectivity index (χ1v) is 9.08. The van der Waals surface area contributed by atoms with Gasteiger partial charge in [-0.1, -0.05) is 0 Å². The van der Waals surface area contributed by atoms with Gasteiger partial charge in [-0.3, -0.25) is 0 Å². The van der Waals surface area contributed by atoms with Crippen molar-refractivity contribution in [3.05, 3.63) is 63.1 Å². The number of aliphatic hydroxyl groups excluding tert-OH is 1. The standard InChI is InChI=1S/C19H14IN5O2/c1-11(26)17(23-15-7-6-14(10-22)16(20)8-15)19-25-24-18(27-19)13-4-2-12(9-21)3-5-13/h2-8,11,17,23,26H,1H3/t11-,17-/m1/s1. The van der Waals surface area contributed by atoms with Gasteiger partial charge in [0, 0.05) is 14.8 Å². The first-order chi connectivity index (χ1) is 13.0. The third-order valence-electron chi connectivity index (χ3n) is 3.86. The molecule has 0 spiro atoms. The largest absolute Gasteiger partial charge is 0.418 e. The number of aromatic nitrogens is 2. The Bertz CT molecular complexity index is 1030. The lowest BCUT2D eigenvalue weighted by atomic mass is 10.1. The maximum atomic E-state index is 10.2. The molecule has 27 heavy (non-hydrogen) atoms. The SMILES string of the molecule is C[C@@H](O)[C@@H](Nc1ccc(C#N)c(I)c1)c1nnc(-c2ccc(C#N)cc2)o1. The van der Waals surface area contributed by atoms with Crippen LogP contribution in [-0.4, -0.2) is 21.4 Å². The summed E-state index contributed by atoms with van der Waals surface area (Å²) in [5.74, 6) is 0.542. The van der Waals surface area contributed by atoms with Crippen LogP contribution >= 0.6 is 22.6 Å². The lowest BCUT2D eigenvalue weighted by Crippen LogP contribution is -2.23. The number of hydrogen-bond donors (Lipinski definition) is 2. The molecule has 0 saturated carbocycles. The Balaban J connectivity index is 1.85. The van der Waals surface area contributed by atoms with Crippen LogP contribution in [0, 0.1) is 26.2 Å². The van der Waals surface area contributed by atoms with E-state index in [1.165, 1.54) is 0 Å². The summed E-state index contributed by atoms with van der Waals surface area (Å²) in [6, 6.07) is 15.6. The molecule has 2 atom stereocenters. The van der Waals surface area contributed by atoms with E-state index in [1.807, 2.05) is 6.07 Å². The molecule has 3 aromatic rings. The van der Waals surface area contributed by atoms with Crippen molar-refractivity contribution < 1.29 is 9.52 Å². The monoisotopic (exact) mass is 471 g/mol. The molecule has 3 rings (SSSR count). The van der Waals surface area contributed by atoms with Crippen LogP contribution in [0.5, 0.6) is 0 Å². The molecule has 0 radical (unpaired) electrons. The zero-order valence-corrected chi connectivity index (χ0v) is 16.4. The zero-order valence-electron chi connectivity index (χ0n) is 14.2. The third kappa shape index (κ3) is 4.25. The molecule has 134 valence electrons. The fourth-order valence-electron chi connectivity index (χ4n) is 2.43. The van der Waals surface area contributed by atoms with Crippen molar-refractivity contribution in [2.45, 2.75) is 19.1 Å². The third-order valence-corrected chi connectivity index (χ3v) is 4.75. The van der Waals surface area contributed by atoms with Crippen molar-refractivity contribution in [3.63, 3.8) is 0 Å². The lowest BCUT2D eigenvalue weighted by molar-refractivity contribution is 0.160. The maximum Gasteiger partial charge on any atom is 0.247 e. The first kappa shape index (κ1) is 18.8. The number of nitrogens with one attached hydrogen (secondary N) is 1. The second-order valence-electron chi connectivity index (χ2n) is 5.80. The average Bonchev–Trinajstić information content (AvgIpc) is 3.16. The summed E-state index contributed by atoms with van der Waals surface area (Å²) < 4.78 is 6.53. The van der Waals surface area contributed by atoms with Gasteiger partial charge < -0.3 is 14.8 Å². The second-order valence-corrected chi connectivity index (χ2v) is 6.97. The molecule has 0 aliphatic heterocycles. The van der Waals surface area contributed by atoms with Crippen molar-refractivity contribution in [2.24, 2.45) is 0 Å². The minimum atomic E-state index is -0.799. The van der Waals surface area contributed by atoms with Crippen LogP contribution in [0.1, 0.15) is 30.0 Å². The van der Waals surface area contributed by atoms with Crippen molar-refractivity contribution in [1.29, 1.82) is 10.5 Å². The smallest absolute Gasteiger partial charge is 0.247 e. The minimum Gasteiger partial charge on any atom is -0.418 e. The van der Waals surface area contributed by atoms with Crippen molar-refractivity contribution in [3.8, 4) is 23.6 Å². The van der Waals surface area contributed by atoms with Gasteiger partial charge in [-0.15, -0.1) is 10.2 Å². The second kappa shape index (κ2) is 8.16. The van der Waals surface area contributed by atoms with E-state index in [2.05, 4.69) is 50.2 Å². The highest BCUT2D eigenvalue weighted by atomic mass is 127. The summed E-state index contributed by atoms with van der Waals surface area (Å²) in [7, 11) is 0. The molecule has 0 unspecified atom stereocenters. The molecule has 1 aromatic heterocycles. The predicted octanol–water partition coefficient (Wildman–Crippen LogP) is 3.62. The summed E-state index contributed by atoms with van der Waals surface area (Å²) >= 11 is 2.08. The van der Waals surface area contributed by atoms with Crippen LogP contribution in [0.3, 0.4) is 0 Å². The van der Waals surface area contributed by atoms with Gasteiger partial charge in [-0.2, -0.15) is 10.5 Å². The first-order valence-electron chi connectivity index (χ1n) is 8.00. The number of benzene rings is 2. The van der Waals surface area contributed by atoms with Crippen LogP contribution in [0.25, 0.3) is 11.5 Å². The van der Waals surface area contributed by atoms with Crippen molar-refractivity contribution in [1.82, 2.24) is 10.2 Å². The molecule has 2 N–H and O–H groups in total. The van der Waals surface area contributed by atoms with Gasteiger partial charge in [0.2, 0.25) is 11.8 Å². The molecule has 8 heteroatoms. The Labute approximate surface area is 169 Å². The van der Waals surface area contributed by atoms with Crippen LogP contribution in [-0.2, 0) is 0 Å². The van der Waals surface area contributed by atoms with Crippen LogP contribution < -0.4 is 5.32 Å². The Kier molecular flexibility index (Phi) is 5.69. The van der Waals surface area contributed by atoms with Crippen molar-refractivity contribution in [2.75, 3.05) is 5.32 Å². The maximum absolute atomic E-state index is 10.2. The molecule has 7 nitrogen and oxygen atoms in total. The van der Waals surface area contributed by atoms with Gasteiger partial charge >= 0.3 is 0 Å². The number of aliphatic hydroxyl groups is 1. The number of nitriles is 2. The summed E-state index contributed by atoms with van der Waals surface area (Å²) in [5.41, 5.74) is 2.53. The lowest BCUT2D eigenvalue weighted by Gasteiger charge is -2.19. The molecule has 0 fully saturated rings. The van der Waals surface area contributed by atoms with E-state index in [1.54, 1.807) is 43.3 Å². The number of rotatable bonds is 5. The van der Waals surface area contributed by atoms with Gasteiger partial charge in [0.15, 0.2) is 0 Å². The zero-order chi connectivity index (χ0) is 19.4. The molecular weight excluding hydrogens is 457 g/mol. The van der Waals surface area contributed by atoms with Gasteiger partial charge in [0.05, 0.1) is 23.3 Å². The molecule has 0 amide bonds. The van der Waals surface area contributed by atoms with E-state index in [4.69, 9.17) is 14.9 Å². The Morgan fingerprint density at radius 3 is 2.44 bits per heavy atom. The van der Waals surface area contributed by atoms with Crippen LogP contribution in [0.2, 0.25) is 0 Å². The molecule has 0 bridgehead atoms. The molecule has 1 heterocycles. The Hall–Kier alpha value is -2.95. The summed E-state index contributed by atoms with van der Waals surface area (Å²) in [6.07, 6.45) is -0.799. The fourth-order valence-corrected chi connectivity index (χ4v) is 3.06. The topological polar surface area (TPSA) is 119 Å². The fraction of sp³-hybridized carbons (Fsp3) is 0.158. The molecule has 0 aliphatic rings. The van der Waals surface area contributed by atoms with E-state index in [9.17, 15) is 5.11 Å². The summed E-state index contributed by atoms with van der Waals surface area (Å²) in [4.78, 5) is 0. The van der Waals surface area contributed by atoms with Gasteiger partial charge in [-0.05, 0) is 72.0 Å². The molecule has 0 saturated heterocycles. The van der Waals surface area contributed by atoms with Gasteiger partial charge in [0.1, 0.15) is 12.1 Å². The van der Waals surface area contributed by atoms with E-state index in [-0.39, 0.29) is 5.89 Å². The van der Waals surface area contributed by atoms with E-state index < -0.39 is 12.1 Å². The minimum absolute atomic E-state index is 0.240. The normalized spacial score (nSPS) is 12.6. The number of nitrogens with zero attached hydrogens (tertiary/aromatic N) is 4. The summed E-state index contributed by atoms with van der Waals surface area (Å²) in [6.45, 7) is 1.62. The Morgan fingerprint density at radius 1 is 1.11 bits per heavy atom. The van der Waals surface area contributed by atoms with E-state index in [0.717, 1.165) is 9.26 Å². The number of hydrogen-bond acceptors (Lipinski definition) is 7. The molecule has 0 aliphatic carbocycles. The van der Waals surface area contributed by atoms with Crippen molar-refractivity contribution >= 4 is 28.3 Å². The van der Waals surface area contributed by atoms with Crippen LogP contribution in [0.4, 0.5) is 5.69 Å². The highest BCUT2D eigenvalue weighted by Crippen LogP contribution is 2.27. The van der Waals surface area contributed by atoms with E-state index >= 15 is 0 Å².